The van der Waals surface area contributed by atoms with Crippen LogP contribution in [0.3, 0.4) is 0 Å². The minimum absolute atomic E-state index is 0.168. The predicted molar refractivity (Wildman–Crippen MR) is 65.5 cm³/mol. The summed E-state index contributed by atoms with van der Waals surface area (Å²) in [5.74, 6) is 0.561. The van der Waals surface area contributed by atoms with Crippen LogP contribution in [-0.2, 0) is 0 Å². The average molecular weight is 222 g/mol. The topological polar surface area (TPSA) is 0 Å². The van der Waals surface area contributed by atoms with Crippen molar-refractivity contribution in [1.29, 1.82) is 0 Å². The molecule has 1 aromatic carbocycles. The van der Waals surface area contributed by atoms with Crippen LogP contribution in [0.5, 0.6) is 0 Å². The maximum Gasteiger partial charge on any atom is 0.123 e. The summed E-state index contributed by atoms with van der Waals surface area (Å²) in [6.07, 6.45) is 9.10. The first-order valence-electron chi connectivity index (χ1n) is 5.24. The first-order valence-corrected chi connectivity index (χ1v) is 6.53. The zero-order chi connectivity index (χ0) is 10.7. The van der Waals surface area contributed by atoms with Crippen molar-refractivity contribution in [3.63, 3.8) is 0 Å². The molecular weight excluding hydrogens is 207 g/mol. The molecule has 0 atom stereocenters. The number of thioether (sulfide) groups is 1. The van der Waals surface area contributed by atoms with E-state index in [0.29, 0.717) is 0 Å². The molecule has 0 heterocycles. The summed E-state index contributed by atoms with van der Waals surface area (Å²) in [6.45, 7) is 0. The molecule has 1 aromatic rings. The molecular formula is C13H15FS. The Morgan fingerprint density at radius 3 is 2.53 bits per heavy atom. The van der Waals surface area contributed by atoms with Crippen molar-refractivity contribution in [1.82, 2.24) is 0 Å². The number of hydrogen-bond donors (Lipinski definition) is 0. The van der Waals surface area contributed by atoms with Gasteiger partial charge < -0.3 is 0 Å². The van der Waals surface area contributed by atoms with Crippen molar-refractivity contribution in [2.24, 2.45) is 5.92 Å². The normalized spacial score (nSPS) is 25.5. The van der Waals surface area contributed by atoms with Gasteiger partial charge in [0.15, 0.2) is 0 Å². The molecule has 0 aromatic heterocycles. The molecule has 80 valence electrons. The molecule has 1 aliphatic carbocycles. The van der Waals surface area contributed by atoms with Gasteiger partial charge >= 0.3 is 0 Å². The maximum absolute atomic E-state index is 12.6. The molecule has 0 radical (unpaired) electrons. The molecule has 0 spiro atoms. The SMILES string of the molecule is CSC1CC(/C=C/c2ccc(F)cc2)C1. The van der Waals surface area contributed by atoms with Gasteiger partial charge in [0.1, 0.15) is 5.82 Å². The molecule has 0 saturated heterocycles. The zero-order valence-electron chi connectivity index (χ0n) is 8.82. The Labute approximate surface area is 94.6 Å². The second-order valence-electron chi connectivity index (χ2n) is 4.00. The third-order valence-electron chi connectivity index (χ3n) is 2.90. The zero-order valence-corrected chi connectivity index (χ0v) is 9.64. The van der Waals surface area contributed by atoms with Crippen LogP contribution in [0.25, 0.3) is 6.08 Å². The maximum atomic E-state index is 12.6. The van der Waals surface area contributed by atoms with Gasteiger partial charge in [0.2, 0.25) is 0 Å². The molecule has 1 fully saturated rings. The Morgan fingerprint density at radius 2 is 1.93 bits per heavy atom. The average Bonchev–Trinajstić information content (AvgIpc) is 2.19. The quantitative estimate of drug-likeness (QED) is 0.745. The third kappa shape index (κ3) is 2.85. The third-order valence-corrected chi connectivity index (χ3v) is 3.95. The lowest BCUT2D eigenvalue weighted by atomic mass is 9.84. The van der Waals surface area contributed by atoms with Gasteiger partial charge in [-0.05, 0) is 42.7 Å². The summed E-state index contributed by atoms with van der Waals surface area (Å²) in [4.78, 5) is 0. The first-order chi connectivity index (χ1) is 7.28. The fourth-order valence-corrected chi connectivity index (χ4v) is 2.66. The lowest BCUT2D eigenvalue weighted by Crippen LogP contribution is -2.23. The molecule has 0 unspecified atom stereocenters. The van der Waals surface area contributed by atoms with Crippen LogP contribution in [0.1, 0.15) is 18.4 Å². The summed E-state index contributed by atoms with van der Waals surface area (Å²) in [5, 5.41) is 0.855. The van der Waals surface area contributed by atoms with Crippen molar-refractivity contribution < 1.29 is 4.39 Å². The lowest BCUT2D eigenvalue weighted by molar-refractivity contribution is 0.405. The monoisotopic (exact) mass is 222 g/mol. The van der Waals surface area contributed by atoms with Crippen molar-refractivity contribution in [3.05, 3.63) is 41.7 Å². The van der Waals surface area contributed by atoms with E-state index in [0.717, 1.165) is 16.7 Å². The van der Waals surface area contributed by atoms with Gasteiger partial charge in [-0.15, -0.1) is 0 Å². The van der Waals surface area contributed by atoms with Crippen molar-refractivity contribution in [3.8, 4) is 0 Å². The summed E-state index contributed by atoms with van der Waals surface area (Å²) >= 11 is 1.96. The highest BCUT2D eigenvalue weighted by atomic mass is 32.2. The van der Waals surface area contributed by atoms with E-state index in [1.807, 2.05) is 23.9 Å². The Kier molecular flexibility index (Phi) is 3.47. The van der Waals surface area contributed by atoms with E-state index < -0.39 is 0 Å². The van der Waals surface area contributed by atoms with Gasteiger partial charge in [-0.2, -0.15) is 11.8 Å². The van der Waals surface area contributed by atoms with Crippen molar-refractivity contribution >= 4 is 17.8 Å². The van der Waals surface area contributed by atoms with E-state index in [2.05, 4.69) is 18.4 Å². The van der Waals surface area contributed by atoms with Crippen LogP contribution < -0.4 is 0 Å². The fourth-order valence-electron chi connectivity index (χ4n) is 1.78. The number of halogens is 1. The predicted octanol–water partition coefficient (Wildman–Crippen LogP) is 3.98. The minimum atomic E-state index is -0.168. The van der Waals surface area contributed by atoms with Gasteiger partial charge in [-0.25, -0.2) is 4.39 Å². The largest absolute Gasteiger partial charge is 0.207 e. The molecule has 0 aliphatic heterocycles. The molecule has 1 saturated carbocycles. The fraction of sp³-hybridized carbons (Fsp3) is 0.385. The van der Waals surface area contributed by atoms with E-state index in [4.69, 9.17) is 0 Å². The Bertz CT molecular complexity index is 336. The summed E-state index contributed by atoms with van der Waals surface area (Å²) in [5.41, 5.74) is 1.09. The van der Waals surface area contributed by atoms with Crippen LogP contribution >= 0.6 is 11.8 Å². The standard InChI is InChI=1S/C13H15FS/c1-15-13-8-11(9-13)3-2-10-4-6-12(14)7-5-10/h2-7,11,13H,8-9H2,1H3/b3-2+. The van der Waals surface area contributed by atoms with Crippen LogP contribution in [0.15, 0.2) is 30.3 Å². The van der Waals surface area contributed by atoms with Crippen LogP contribution in [0.4, 0.5) is 4.39 Å². The molecule has 0 bridgehead atoms. The van der Waals surface area contributed by atoms with E-state index in [1.54, 1.807) is 0 Å². The second kappa shape index (κ2) is 4.84. The summed E-state index contributed by atoms with van der Waals surface area (Å²) < 4.78 is 12.6. The van der Waals surface area contributed by atoms with Gasteiger partial charge in [0.25, 0.3) is 0 Å². The van der Waals surface area contributed by atoms with Crippen molar-refractivity contribution in [2.75, 3.05) is 6.26 Å². The van der Waals surface area contributed by atoms with E-state index in [1.165, 1.54) is 25.0 Å². The van der Waals surface area contributed by atoms with E-state index in [-0.39, 0.29) is 5.82 Å². The summed E-state index contributed by atoms with van der Waals surface area (Å²) in [7, 11) is 0. The van der Waals surface area contributed by atoms with Crippen LogP contribution in [0, 0.1) is 11.7 Å². The highest BCUT2D eigenvalue weighted by Crippen LogP contribution is 2.36. The Morgan fingerprint density at radius 1 is 1.27 bits per heavy atom. The lowest BCUT2D eigenvalue weighted by Gasteiger charge is -2.31. The number of rotatable bonds is 3. The molecule has 0 amide bonds. The smallest absolute Gasteiger partial charge is 0.123 e. The molecule has 2 rings (SSSR count). The molecule has 1 aliphatic rings. The number of allylic oxidation sites excluding steroid dienone is 1. The van der Waals surface area contributed by atoms with Gasteiger partial charge in [0, 0.05) is 5.25 Å². The first kappa shape index (κ1) is 10.7. The van der Waals surface area contributed by atoms with Gasteiger partial charge in [-0.1, -0.05) is 24.3 Å². The highest BCUT2D eigenvalue weighted by molar-refractivity contribution is 7.99. The van der Waals surface area contributed by atoms with Gasteiger partial charge in [-0.3, -0.25) is 0 Å². The molecule has 2 heteroatoms. The van der Waals surface area contributed by atoms with E-state index >= 15 is 0 Å². The Hall–Kier alpha value is -0.760. The van der Waals surface area contributed by atoms with E-state index in [9.17, 15) is 4.39 Å². The molecule has 15 heavy (non-hydrogen) atoms. The van der Waals surface area contributed by atoms with Crippen LogP contribution in [0.2, 0.25) is 0 Å². The minimum Gasteiger partial charge on any atom is -0.207 e. The second-order valence-corrected chi connectivity index (χ2v) is 5.14. The van der Waals surface area contributed by atoms with Gasteiger partial charge in [0.05, 0.1) is 0 Å². The molecule has 0 N–H and O–H groups in total. The Balaban J connectivity index is 1.87. The van der Waals surface area contributed by atoms with Crippen LogP contribution in [-0.4, -0.2) is 11.5 Å². The summed E-state index contributed by atoms with van der Waals surface area (Å²) in [6, 6.07) is 6.64. The highest BCUT2D eigenvalue weighted by Gasteiger charge is 2.25. The number of benzene rings is 1. The number of hydrogen-bond acceptors (Lipinski definition) is 1. The molecule has 0 nitrogen and oxygen atoms in total. The van der Waals surface area contributed by atoms with Crippen molar-refractivity contribution in [2.45, 2.75) is 18.1 Å².